The van der Waals surface area contributed by atoms with E-state index in [1.807, 2.05) is 18.2 Å². The van der Waals surface area contributed by atoms with Gasteiger partial charge in [-0.3, -0.25) is 0 Å². The van der Waals surface area contributed by atoms with Crippen LogP contribution in [0.25, 0.3) is 0 Å². The van der Waals surface area contributed by atoms with Crippen molar-refractivity contribution in [2.24, 2.45) is 11.8 Å². The summed E-state index contributed by atoms with van der Waals surface area (Å²) >= 11 is 0. The average Bonchev–Trinajstić information content (AvgIpc) is 2.55. The number of rotatable bonds is 1. The van der Waals surface area contributed by atoms with Crippen LogP contribution in [0.1, 0.15) is 56.6 Å². The van der Waals surface area contributed by atoms with Gasteiger partial charge in [-0.1, -0.05) is 42.7 Å². The molecule has 0 spiro atoms. The SMILES string of the molecule is Oc1ccccc1[C@@H]1O[C@H]2CCCC[C@@H]2C2=CCCC[C@@H]21. The zero-order valence-corrected chi connectivity index (χ0v) is 12.5. The minimum Gasteiger partial charge on any atom is -0.508 e. The molecule has 4 atom stereocenters. The summed E-state index contributed by atoms with van der Waals surface area (Å²) in [4.78, 5) is 0. The second kappa shape index (κ2) is 5.49. The van der Waals surface area contributed by atoms with Crippen molar-refractivity contribution in [3.05, 3.63) is 41.5 Å². The molecule has 0 unspecified atom stereocenters. The fourth-order valence-electron chi connectivity index (χ4n) is 4.62. The van der Waals surface area contributed by atoms with Gasteiger partial charge >= 0.3 is 0 Å². The van der Waals surface area contributed by atoms with Crippen molar-refractivity contribution in [3.8, 4) is 5.75 Å². The number of hydrogen-bond acceptors (Lipinski definition) is 2. The third-order valence-electron chi connectivity index (χ3n) is 5.59. The zero-order valence-electron chi connectivity index (χ0n) is 12.5. The summed E-state index contributed by atoms with van der Waals surface area (Å²) in [5, 5.41) is 10.2. The predicted octanol–water partition coefficient (Wildman–Crippen LogP) is 4.75. The van der Waals surface area contributed by atoms with Crippen LogP contribution in [-0.2, 0) is 4.74 Å². The third kappa shape index (κ3) is 2.30. The molecule has 2 aliphatic carbocycles. The van der Waals surface area contributed by atoms with E-state index < -0.39 is 0 Å². The van der Waals surface area contributed by atoms with Gasteiger partial charge < -0.3 is 9.84 Å². The Labute approximate surface area is 126 Å². The molecule has 112 valence electrons. The molecule has 0 amide bonds. The Balaban J connectivity index is 1.72. The maximum Gasteiger partial charge on any atom is 0.121 e. The monoisotopic (exact) mass is 284 g/mol. The van der Waals surface area contributed by atoms with Gasteiger partial charge in [-0.15, -0.1) is 0 Å². The summed E-state index contributed by atoms with van der Waals surface area (Å²) in [5.74, 6) is 1.51. The van der Waals surface area contributed by atoms with Crippen LogP contribution in [0.15, 0.2) is 35.9 Å². The smallest absolute Gasteiger partial charge is 0.121 e. The molecule has 1 aromatic rings. The number of para-hydroxylation sites is 1. The van der Waals surface area contributed by atoms with Crippen molar-refractivity contribution in [1.29, 1.82) is 0 Å². The van der Waals surface area contributed by atoms with Gasteiger partial charge in [-0.05, 0) is 38.2 Å². The number of allylic oxidation sites excluding steroid dienone is 1. The topological polar surface area (TPSA) is 29.5 Å². The van der Waals surface area contributed by atoms with Gasteiger partial charge in [0.25, 0.3) is 0 Å². The first-order valence-corrected chi connectivity index (χ1v) is 8.48. The van der Waals surface area contributed by atoms with Crippen LogP contribution in [0.3, 0.4) is 0 Å². The Hall–Kier alpha value is -1.28. The van der Waals surface area contributed by atoms with Crippen molar-refractivity contribution in [2.75, 3.05) is 0 Å². The summed E-state index contributed by atoms with van der Waals surface area (Å²) < 4.78 is 6.53. The minimum absolute atomic E-state index is 0.0529. The molecule has 0 radical (unpaired) electrons. The highest BCUT2D eigenvalue weighted by Crippen LogP contribution is 2.52. The molecule has 1 saturated heterocycles. The van der Waals surface area contributed by atoms with E-state index in [4.69, 9.17) is 4.74 Å². The van der Waals surface area contributed by atoms with Crippen LogP contribution in [0, 0.1) is 11.8 Å². The van der Waals surface area contributed by atoms with Gasteiger partial charge in [-0.25, -0.2) is 0 Å². The molecule has 1 aromatic carbocycles. The molecule has 3 aliphatic rings. The molecular formula is C19H24O2. The number of hydrogen-bond donors (Lipinski definition) is 1. The summed E-state index contributed by atoms with van der Waals surface area (Å²) in [6.45, 7) is 0. The van der Waals surface area contributed by atoms with Crippen molar-refractivity contribution >= 4 is 0 Å². The number of aromatic hydroxyl groups is 1. The molecule has 21 heavy (non-hydrogen) atoms. The van der Waals surface area contributed by atoms with Crippen LogP contribution in [0.5, 0.6) is 5.75 Å². The van der Waals surface area contributed by atoms with Gasteiger partial charge in [0.15, 0.2) is 0 Å². The predicted molar refractivity (Wildman–Crippen MR) is 83.1 cm³/mol. The van der Waals surface area contributed by atoms with Crippen LogP contribution in [0.2, 0.25) is 0 Å². The quantitative estimate of drug-likeness (QED) is 0.754. The summed E-state index contributed by atoms with van der Waals surface area (Å²) in [5.41, 5.74) is 2.63. The van der Waals surface area contributed by atoms with Crippen LogP contribution >= 0.6 is 0 Å². The van der Waals surface area contributed by atoms with Crippen molar-refractivity contribution < 1.29 is 9.84 Å². The first kappa shape index (κ1) is 13.4. The lowest BCUT2D eigenvalue weighted by Gasteiger charge is -2.47. The highest BCUT2D eigenvalue weighted by atomic mass is 16.5. The van der Waals surface area contributed by atoms with Crippen LogP contribution < -0.4 is 0 Å². The Morgan fingerprint density at radius 2 is 1.76 bits per heavy atom. The molecule has 1 aliphatic heterocycles. The lowest BCUT2D eigenvalue weighted by atomic mass is 9.68. The minimum atomic E-state index is 0.0529. The Bertz CT molecular complexity index is 548. The highest BCUT2D eigenvalue weighted by Gasteiger charge is 2.44. The largest absolute Gasteiger partial charge is 0.508 e. The Kier molecular flexibility index (Phi) is 3.50. The van der Waals surface area contributed by atoms with Gasteiger partial charge in [-0.2, -0.15) is 0 Å². The molecule has 2 heteroatoms. The van der Waals surface area contributed by atoms with E-state index in [1.165, 1.54) is 44.9 Å². The first-order valence-electron chi connectivity index (χ1n) is 8.48. The molecule has 0 aromatic heterocycles. The summed E-state index contributed by atoms with van der Waals surface area (Å²) in [6.07, 6.45) is 11.7. The maximum atomic E-state index is 10.2. The number of phenolic OH excluding ortho intramolecular Hbond substituents is 1. The van der Waals surface area contributed by atoms with Crippen LogP contribution in [0.4, 0.5) is 0 Å². The number of ether oxygens (including phenoxy) is 1. The van der Waals surface area contributed by atoms with E-state index in [-0.39, 0.29) is 6.10 Å². The summed E-state index contributed by atoms with van der Waals surface area (Å²) in [6, 6.07) is 7.73. The third-order valence-corrected chi connectivity index (χ3v) is 5.59. The van der Waals surface area contributed by atoms with E-state index in [2.05, 4.69) is 6.08 Å². The van der Waals surface area contributed by atoms with Crippen molar-refractivity contribution in [1.82, 2.24) is 0 Å². The first-order chi connectivity index (χ1) is 10.3. The van der Waals surface area contributed by atoms with Gasteiger partial charge in [0.05, 0.1) is 12.2 Å². The lowest BCUT2D eigenvalue weighted by molar-refractivity contribution is -0.107. The van der Waals surface area contributed by atoms with Gasteiger partial charge in [0.2, 0.25) is 0 Å². The number of benzene rings is 1. The summed E-state index contributed by atoms with van der Waals surface area (Å²) in [7, 11) is 0. The standard InChI is InChI=1S/C19H24O2/c20-17-11-5-3-10-16(17)19-15-9-2-1-7-13(15)14-8-4-6-12-18(14)21-19/h3,5,7,10-11,14-15,18-20H,1-2,4,6,8-9,12H2/t14-,15+,18+,19-/m1/s1. The van der Waals surface area contributed by atoms with Crippen LogP contribution in [-0.4, -0.2) is 11.2 Å². The molecule has 1 heterocycles. The molecule has 2 nitrogen and oxygen atoms in total. The Morgan fingerprint density at radius 3 is 2.67 bits per heavy atom. The number of fused-ring (bicyclic) bond motifs is 3. The second-order valence-electron chi connectivity index (χ2n) is 6.79. The average molecular weight is 284 g/mol. The molecule has 0 bridgehead atoms. The van der Waals surface area contributed by atoms with E-state index in [9.17, 15) is 5.11 Å². The normalized spacial score (nSPS) is 35.5. The zero-order chi connectivity index (χ0) is 14.2. The van der Waals surface area contributed by atoms with E-state index in [0.29, 0.717) is 23.7 Å². The Morgan fingerprint density at radius 1 is 0.952 bits per heavy atom. The highest BCUT2D eigenvalue weighted by molar-refractivity contribution is 5.37. The fourth-order valence-corrected chi connectivity index (χ4v) is 4.62. The van der Waals surface area contributed by atoms with E-state index >= 15 is 0 Å². The van der Waals surface area contributed by atoms with Crippen molar-refractivity contribution in [3.63, 3.8) is 0 Å². The van der Waals surface area contributed by atoms with E-state index in [0.717, 1.165) is 5.56 Å². The molecule has 1 N–H and O–H groups in total. The molecule has 4 rings (SSSR count). The number of phenols is 1. The van der Waals surface area contributed by atoms with Gasteiger partial charge in [0, 0.05) is 17.4 Å². The van der Waals surface area contributed by atoms with E-state index in [1.54, 1.807) is 11.6 Å². The molecule has 1 saturated carbocycles. The maximum absolute atomic E-state index is 10.2. The lowest BCUT2D eigenvalue weighted by Crippen LogP contribution is -2.41. The molecule has 2 fully saturated rings. The van der Waals surface area contributed by atoms with Crippen molar-refractivity contribution in [2.45, 2.75) is 57.2 Å². The fraction of sp³-hybridized carbons (Fsp3) is 0.579. The molecular weight excluding hydrogens is 260 g/mol. The van der Waals surface area contributed by atoms with Gasteiger partial charge in [0.1, 0.15) is 5.75 Å². The second-order valence-corrected chi connectivity index (χ2v) is 6.79.